The van der Waals surface area contributed by atoms with Crippen molar-refractivity contribution in [3.8, 4) is 11.3 Å². The Kier molecular flexibility index (Phi) is 5.18. The van der Waals surface area contributed by atoms with Crippen LogP contribution in [0.4, 0.5) is 0 Å². The number of H-pyrrole nitrogens is 1. The van der Waals surface area contributed by atoms with Crippen molar-refractivity contribution in [2.24, 2.45) is 17.8 Å². The Morgan fingerprint density at radius 1 is 0.935 bits per heavy atom. The fourth-order valence-electron chi connectivity index (χ4n) is 5.25. The van der Waals surface area contributed by atoms with Gasteiger partial charge >= 0.3 is 5.97 Å². The molecule has 2 aliphatic carbocycles. The highest BCUT2D eigenvalue weighted by Gasteiger charge is 2.42. The van der Waals surface area contributed by atoms with Crippen LogP contribution >= 0.6 is 0 Å². The summed E-state index contributed by atoms with van der Waals surface area (Å²) in [7, 11) is 0. The van der Waals surface area contributed by atoms with E-state index in [4.69, 9.17) is 4.74 Å². The van der Waals surface area contributed by atoms with Gasteiger partial charge < -0.3 is 9.72 Å². The predicted octanol–water partition coefficient (Wildman–Crippen LogP) is 4.96. The van der Waals surface area contributed by atoms with Crippen molar-refractivity contribution in [3.05, 3.63) is 60.2 Å². The maximum absolute atomic E-state index is 13.2. The largest absolute Gasteiger partial charge is 0.457 e. The molecule has 3 atom stereocenters. The van der Waals surface area contributed by atoms with E-state index in [1.54, 1.807) is 0 Å². The molecule has 0 saturated heterocycles. The van der Waals surface area contributed by atoms with E-state index >= 15 is 0 Å². The summed E-state index contributed by atoms with van der Waals surface area (Å²) < 4.78 is 5.49. The van der Waals surface area contributed by atoms with Crippen LogP contribution in [-0.4, -0.2) is 29.1 Å². The van der Waals surface area contributed by atoms with E-state index < -0.39 is 0 Å². The zero-order chi connectivity index (χ0) is 21.4. The topological polar surface area (TPSA) is 76.2 Å². The molecule has 2 aliphatic rings. The van der Waals surface area contributed by atoms with Gasteiger partial charge in [0.15, 0.2) is 6.61 Å². The minimum absolute atomic E-state index is 0.0148. The van der Waals surface area contributed by atoms with Crippen LogP contribution in [0.3, 0.4) is 0 Å². The number of benzene rings is 2. The number of esters is 1. The van der Waals surface area contributed by atoms with E-state index in [9.17, 15) is 14.4 Å². The minimum Gasteiger partial charge on any atom is -0.457 e. The predicted molar refractivity (Wildman–Crippen MR) is 118 cm³/mol. The molecule has 1 heterocycles. The highest BCUT2D eigenvalue weighted by Crippen LogP contribution is 2.40. The molecule has 2 fully saturated rings. The molecule has 158 valence electrons. The average Bonchev–Trinajstić information content (AvgIpc) is 3.17. The van der Waals surface area contributed by atoms with Gasteiger partial charge in [0.05, 0.1) is 17.2 Å². The molecule has 0 spiro atoms. The fourth-order valence-corrected chi connectivity index (χ4v) is 5.25. The number of ether oxygens (including phenoxy) is 1. The zero-order valence-electron chi connectivity index (χ0n) is 17.3. The SMILES string of the molecule is O=C(COC(=O)C1C[C@H]2CCC[C@@H](C1)C2=O)c1c(-c2ccccc2)[nH]c2ccccc12. The number of nitrogens with one attached hydrogen (secondary N) is 1. The number of hydrogen-bond donors (Lipinski definition) is 1. The van der Waals surface area contributed by atoms with Crippen LogP contribution in [0.5, 0.6) is 0 Å². The molecule has 0 amide bonds. The molecule has 1 N–H and O–H groups in total. The molecule has 0 radical (unpaired) electrons. The van der Waals surface area contributed by atoms with Crippen molar-refractivity contribution in [1.29, 1.82) is 0 Å². The molecular weight excluding hydrogens is 390 g/mol. The highest BCUT2D eigenvalue weighted by atomic mass is 16.5. The van der Waals surface area contributed by atoms with Crippen molar-refractivity contribution in [1.82, 2.24) is 4.98 Å². The first kappa shape index (κ1) is 19.7. The molecule has 1 aromatic heterocycles. The number of hydrogen-bond acceptors (Lipinski definition) is 4. The maximum Gasteiger partial charge on any atom is 0.309 e. The molecule has 0 aliphatic heterocycles. The van der Waals surface area contributed by atoms with Crippen molar-refractivity contribution in [2.45, 2.75) is 32.1 Å². The van der Waals surface area contributed by atoms with Crippen LogP contribution < -0.4 is 0 Å². The van der Waals surface area contributed by atoms with Gasteiger partial charge in [-0.2, -0.15) is 0 Å². The molecular formula is C26H25NO4. The monoisotopic (exact) mass is 415 g/mol. The lowest BCUT2D eigenvalue weighted by molar-refractivity contribution is -0.152. The van der Waals surface area contributed by atoms with Gasteiger partial charge in [-0.15, -0.1) is 0 Å². The number of para-hydroxylation sites is 1. The lowest BCUT2D eigenvalue weighted by Crippen LogP contribution is -2.39. The number of rotatable bonds is 5. The molecule has 5 nitrogen and oxygen atoms in total. The van der Waals surface area contributed by atoms with Gasteiger partial charge in [-0.25, -0.2) is 0 Å². The number of Topliss-reactive ketones (excluding diaryl/α,β-unsaturated/α-hetero) is 2. The van der Waals surface area contributed by atoms with Crippen LogP contribution in [-0.2, 0) is 14.3 Å². The molecule has 31 heavy (non-hydrogen) atoms. The van der Waals surface area contributed by atoms with Gasteiger partial charge in [0.2, 0.25) is 5.78 Å². The van der Waals surface area contributed by atoms with Crippen LogP contribution in [0.25, 0.3) is 22.2 Å². The first-order chi connectivity index (χ1) is 15.1. The van der Waals surface area contributed by atoms with Crippen LogP contribution in [0.2, 0.25) is 0 Å². The van der Waals surface area contributed by atoms with Gasteiger partial charge in [-0.3, -0.25) is 14.4 Å². The standard InChI is InChI=1S/C26H25NO4/c28-22(15-31-26(30)19-13-17-9-6-10-18(14-19)25(17)29)23-20-11-4-5-12-21(20)27-24(23)16-7-2-1-3-8-16/h1-5,7-8,11-12,17-19,27H,6,9-10,13-15H2/t17-,18+,19?. The summed E-state index contributed by atoms with van der Waals surface area (Å²) in [6, 6.07) is 17.3. The van der Waals surface area contributed by atoms with Gasteiger partial charge in [0.25, 0.3) is 0 Å². The Bertz CT molecular complexity index is 1130. The smallest absolute Gasteiger partial charge is 0.309 e. The number of fused-ring (bicyclic) bond motifs is 3. The number of carbonyl (C=O) groups excluding carboxylic acids is 3. The van der Waals surface area contributed by atoms with Gasteiger partial charge in [-0.05, 0) is 37.3 Å². The first-order valence-electron chi connectivity index (χ1n) is 11.0. The van der Waals surface area contributed by atoms with Gasteiger partial charge in [0.1, 0.15) is 5.78 Å². The third-order valence-corrected chi connectivity index (χ3v) is 6.77. The summed E-state index contributed by atoms with van der Waals surface area (Å²) in [6.45, 7) is -0.291. The lowest BCUT2D eigenvalue weighted by Gasteiger charge is -2.36. The Hall–Kier alpha value is -3.21. The molecule has 5 heteroatoms. The number of aromatic nitrogens is 1. The Morgan fingerprint density at radius 2 is 1.61 bits per heavy atom. The molecule has 3 aromatic rings. The van der Waals surface area contributed by atoms with Crippen LogP contribution in [0.1, 0.15) is 42.5 Å². The summed E-state index contributed by atoms with van der Waals surface area (Å²) >= 11 is 0. The Labute approximate surface area is 180 Å². The third kappa shape index (κ3) is 3.69. The van der Waals surface area contributed by atoms with Crippen molar-refractivity contribution >= 4 is 28.4 Å². The van der Waals surface area contributed by atoms with E-state index in [1.165, 1.54) is 0 Å². The van der Waals surface area contributed by atoms with E-state index in [-0.39, 0.29) is 36.1 Å². The summed E-state index contributed by atoms with van der Waals surface area (Å²) in [4.78, 5) is 41.6. The molecule has 2 aromatic carbocycles. The molecule has 5 rings (SSSR count). The maximum atomic E-state index is 13.2. The molecule has 1 unspecified atom stereocenters. The van der Waals surface area contributed by atoms with E-state index in [1.807, 2.05) is 54.6 Å². The van der Waals surface area contributed by atoms with Gasteiger partial charge in [-0.1, -0.05) is 55.0 Å². The normalized spacial score (nSPS) is 23.0. The fraction of sp³-hybridized carbons (Fsp3) is 0.346. The number of carbonyl (C=O) groups is 3. The summed E-state index contributed by atoms with van der Waals surface area (Å²) in [5, 5.41) is 0.820. The summed E-state index contributed by atoms with van der Waals surface area (Å²) in [6.07, 6.45) is 3.92. The first-order valence-corrected chi connectivity index (χ1v) is 11.0. The number of ketones is 2. The number of aromatic amines is 1. The van der Waals surface area contributed by atoms with Crippen LogP contribution in [0, 0.1) is 17.8 Å². The second kappa shape index (κ2) is 8.14. The zero-order valence-corrected chi connectivity index (χ0v) is 17.3. The quantitative estimate of drug-likeness (QED) is 0.472. The third-order valence-electron chi connectivity index (χ3n) is 6.77. The lowest BCUT2D eigenvalue weighted by atomic mass is 9.67. The van der Waals surface area contributed by atoms with Crippen molar-refractivity contribution in [2.75, 3.05) is 6.61 Å². The molecule has 2 bridgehead atoms. The second-order valence-electron chi connectivity index (χ2n) is 8.71. The van der Waals surface area contributed by atoms with E-state index in [0.717, 1.165) is 41.4 Å². The summed E-state index contributed by atoms with van der Waals surface area (Å²) in [5.74, 6) is -0.566. The summed E-state index contributed by atoms with van der Waals surface area (Å²) in [5.41, 5.74) is 3.06. The Balaban J connectivity index is 1.35. The van der Waals surface area contributed by atoms with E-state index in [0.29, 0.717) is 24.2 Å². The molecule has 2 saturated carbocycles. The van der Waals surface area contributed by atoms with Crippen molar-refractivity contribution in [3.63, 3.8) is 0 Å². The van der Waals surface area contributed by atoms with Gasteiger partial charge in [0, 0.05) is 22.7 Å². The average molecular weight is 415 g/mol. The second-order valence-corrected chi connectivity index (χ2v) is 8.71. The van der Waals surface area contributed by atoms with Crippen molar-refractivity contribution < 1.29 is 19.1 Å². The Morgan fingerprint density at radius 3 is 2.35 bits per heavy atom. The minimum atomic E-state index is -0.348. The van der Waals surface area contributed by atoms with E-state index in [2.05, 4.69) is 4.98 Å². The highest BCUT2D eigenvalue weighted by molar-refractivity contribution is 6.14. The van der Waals surface area contributed by atoms with Crippen LogP contribution in [0.15, 0.2) is 54.6 Å².